The highest BCUT2D eigenvalue weighted by Gasteiger charge is 2.27. The Hall–Kier alpha value is -3.71. The monoisotopic (exact) mass is 443 g/mol. The van der Waals surface area contributed by atoms with E-state index in [0.717, 1.165) is 40.9 Å². The molecule has 0 aromatic heterocycles. The lowest BCUT2D eigenvalue weighted by molar-refractivity contribution is -0.116. The minimum absolute atomic E-state index is 0.147. The van der Waals surface area contributed by atoms with Crippen LogP contribution in [0.25, 0.3) is 0 Å². The molecule has 170 valence electrons. The van der Waals surface area contributed by atoms with Crippen LogP contribution >= 0.6 is 0 Å². The van der Waals surface area contributed by atoms with Crippen LogP contribution in [0.15, 0.2) is 98.7 Å². The number of hydrogen-bond donors (Lipinski definition) is 3. The summed E-state index contributed by atoms with van der Waals surface area (Å²) in [5.74, 6) is 0.469. The number of dihydropyridines is 2. The quantitative estimate of drug-likeness (QED) is 0.564. The molecule has 1 atom stereocenters. The van der Waals surface area contributed by atoms with E-state index in [2.05, 4.69) is 38.8 Å². The molecule has 1 aliphatic carbocycles. The number of amides is 1. The van der Waals surface area contributed by atoms with Gasteiger partial charge in [0.05, 0.1) is 30.5 Å². The summed E-state index contributed by atoms with van der Waals surface area (Å²) in [4.78, 5) is 21.7. The first kappa shape index (κ1) is 22.5. The highest BCUT2D eigenvalue weighted by molar-refractivity contribution is 6.14. The minimum atomic E-state index is -0.182. The fraction of sp³-hybridized carbons (Fsp3) is 0.269. The fourth-order valence-corrected chi connectivity index (χ4v) is 3.78. The van der Waals surface area contributed by atoms with Crippen LogP contribution < -0.4 is 16.4 Å². The van der Waals surface area contributed by atoms with Crippen molar-refractivity contribution in [3.63, 3.8) is 0 Å². The second-order valence-electron chi connectivity index (χ2n) is 7.85. The van der Waals surface area contributed by atoms with Crippen LogP contribution in [0.1, 0.15) is 12.8 Å². The molecule has 1 aromatic carbocycles. The van der Waals surface area contributed by atoms with Crippen LogP contribution in [0.5, 0.6) is 0 Å². The Bertz CT molecular complexity index is 1110. The van der Waals surface area contributed by atoms with Gasteiger partial charge in [-0.05, 0) is 48.7 Å². The van der Waals surface area contributed by atoms with Crippen molar-refractivity contribution in [2.75, 3.05) is 32.1 Å². The Morgan fingerprint density at radius 1 is 1.18 bits per heavy atom. The molecule has 1 unspecified atom stereocenters. The highest BCUT2D eigenvalue weighted by Crippen LogP contribution is 2.32. The summed E-state index contributed by atoms with van der Waals surface area (Å²) in [6.07, 6.45) is 13.7. The normalized spacial score (nSPS) is 21.3. The number of likely N-dealkylation sites (N-methyl/N-ethyl adjacent to an activating group) is 1. The van der Waals surface area contributed by atoms with Gasteiger partial charge in [-0.15, -0.1) is 0 Å². The Labute approximate surface area is 194 Å². The molecule has 0 fully saturated rings. The zero-order chi connectivity index (χ0) is 23.0. The summed E-state index contributed by atoms with van der Waals surface area (Å²) < 4.78 is 5.71. The number of nitrogens with zero attached hydrogens (tertiary/aromatic N) is 2. The van der Waals surface area contributed by atoms with Crippen molar-refractivity contribution in [2.24, 2.45) is 15.7 Å². The van der Waals surface area contributed by atoms with Gasteiger partial charge in [-0.3, -0.25) is 9.79 Å². The van der Waals surface area contributed by atoms with Crippen LogP contribution in [-0.4, -0.2) is 50.8 Å². The topological polar surface area (TPSA) is 101 Å². The first-order valence-corrected chi connectivity index (χ1v) is 11.2. The van der Waals surface area contributed by atoms with E-state index in [-0.39, 0.29) is 11.9 Å². The number of hydrogen-bond acceptors (Lipinski definition) is 6. The van der Waals surface area contributed by atoms with Crippen LogP contribution in [0.2, 0.25) is 0 Å². The first-order chi connectivity index (χ1) is 16.2. The van der Waals surface area contributed by atoms with E-state index in [0.29, 0.717) is 31.2 Å². The van der Waals surface area contributed by atoms with Crippen molar-refractivity contribution in [3.8, 4) is 0 Å². The van der Waals surface area contributed by atoms with Crippen molar-refractivity contribution in [1.82, 2.24) is 5.32 Å². The molecule has 0 radical (unpaired) electrons. The van der Waals surface area contributed by atoms with Gasteiger partial charge in [-0.25, -0.2) is 4.99 Å². The largest absolute Gasteiger partial charge is 0.478 e. The maximum Gasteiger partial charge on any atom is 0.254 e. The number of carbonyl (C=O) groups excluding carboxylic acids is 1. The maximum atomic E-state index is 12.6. The molecule has 2 aliphatic heterocycles. The number of ether oxygens (including phenoxy) is 1. The van der Waals surface area contributed by atoms with Crippen LogP contribution in [0, 0.1) is 0 Å². The third-order valence-electron chi connectivity index (χ3n) is 5.58. The SMILES string of the molecule is CNC(=O)C1=C(Nc2ccccc2)C2=CC(=C3C=CC(OCCCCN)=NC3)C=CC2N=C1. The van der Waals surface area contributed by atoms with E-state index in [1.54, 1.807) is 13.3 Å². The maximum absolute atomic E-state index is 12.6. The number of unbranched alkanes of at least 4 members (excludes halogenated alkanes) is 1. The van der Waals surface area contributed by atoms with Gasteiger partial charge in [-0.2, -0.15) is 0 Å². The molecule has 0 spiro atoms. The lowest BCUT2D eigenvalue weighted by atomic mass is 9.88. The van der Waals surface area contributed by atoms with Gasteiger partial charge in [0.25, 0.3) is 5.91 Å². The lowest BCUT2D eigenvalue weighted by Gasteiger charge is -2.27. The molecular formula is C26H29N5O2. The Balaban J connectivity index is 1.60. The van der Waals surface area contributed by atoms with Crippen molar-refractivity contribution < 1.29 is 9.53 Å². The Kier molecular flexibility index (Phi) is 7.32. The zero-order valence-corrected chi connectivity index (χ0v) is 18.8. The number of nitrogens with two attached hydrogens (primary N) is 1. The van der Waals surface area contributed by atoms with E-state index in [1.807, 2.05) is 42.5 Å². The molecule has 1 amide bonds. The number of aliphatic imine (C=N–C) groups is 2. The van der Waals surface area contributed by atoms with E-state index < -0.39 is 0 Å². The van der Waals surface area contributed by atoms with Crippen molar-refractivity contribution in [3.05, 3.63) is 88.7 Å². The standard InChI is InChI=1S/C26H29N5O2/c1-28-26(32)22-17-29-23-11-9-18(15-21(23)25(22)31-20-7-3-2-4-8-20)19-10-12-24(30-16-19)33-14-6-5-13-27/h2-4,7-12,15,17,23,31H,5-6,13-14,16,27H2,1H3,(H,28,32). The van der Waals surface area contributed by atoms with Gasteiger partial charge in [-0.1, -0.05) is 36.4 Å². The summed E-state index contributed by atoms with van der Waals surface area (Å²) in [5.41, 5.74) is 10.8. The highest BCUT2D eigenvalue weighted by atomic mass is 16.5. The lowest BCUT2D eigenvalue weighted by Crippen LogP contribution is -2.29. The van der Waals surface area contributed by atoms with Gasteiger partial charge in [0.1, 0.15) is 0 Å². The number of anilines is 1. The molecule has 0 saturated carbocycles. The summed E-state index contributed by atoms with van der Waals surface area (Å²) in [6, 6.07) is 9.68. The number of benzene rings is 1. The van der Waals surface area contributed by atoms with E-state index in [1.165, 1.54) is 0 Å². The average molecular weight is 444 g/mol. The zero-order valence-electron chi connectivity index (χ0n) is 18.8. The molecule has 4 rings (SSSR count). The molecule has 7 nitrogen and oxygen atoms in total. The average Bonchev–Trinajstić information content (AvgIpc) is 2.87. The van der Waals surface area contributed by atoms with Gasteiger partial charge in [0, 0.05) is 30.6 Å². The third kappa shape index (κ3) is 5.38. The number of rotatable bonds is 7. The molecule has 1 aromatic rings. The molecule has 7 heteroatoms. The number of allylic oxidation sites excluding steroid dienone is 3. The summed E-state index contributed by atoms with van der Waals surface area (Å²) >= 11 is 0. The van der Waals surface area contributed by atoms with Crippen LogP contribution in [0.3, 0.4) is 0 Å². The van der Waals surface area contributed by atoms with Gasteiger partial charge >= 0.3 is 0 Å². The number of nitrogens with one attached hydrogen (secondary N) is 2. The van der Waals surface area contributed by atoms with E-state index >= 15 is 0 Å². The number of para-hydroxylation sites is 1. The minimum Gasteiger partial charge on any atom is -0.478 e. The second-order valence-corrected chi connectivity index (χ2v) is 7.85. The van der Waals surface area contributed by atoms with Gasteiger partial charge < -0.3 is 21.1 Å². The summed E-state index contributed by atoms with van der Waals surface area (Å²) in [5, 5.41) is 6.15. The smallest absolute Gasteiger partial charge is 0.254 e. The first-order valence-electron chi connectivity index (χ1n) is 11.2. The summed E-state index contributed by atoms with van der Waals surface area (Å²) in [7, 11) is 1.62. The van der Waals surface area contributed by atoms with E-state index in [4.69, 9.17) is 10.5 Å². The number of carbonyl (C=O) groups is 1. The fourth-order valence-electron chi connectivity index (χ4n) is 3.78. The number of fused-ring (bicyclic) bond motifs is 1. The Morgan fingerprint density at radius 2 is 2.03 bits per heavy atom. The van der Waals surface area contributed by atoms with Crippen LogP contribution in [0.4, 0.5) is 5.69 Å². The second kappa shape index (κ2) is 10.7. The van der Waals surface area contributed by atoms with Gasteiger partial charge in [0.2, 0.25) is 5.90 Å². The van der Waals surface area contributed by atoms with Gasteiger partial charge in [0.15, 0.2) is 0 Å². The van der Waals surface area contributed by atoms with Crippen molar-refractivity contribution >= 4 is 23.7 Å². The molecule has 33 heavy (non-hydrogen) atoms. The predicted octanol–water partition coefficient (Wildman–Crippen LogP) is 3.07. The van der Waals surface area contributed by atoms with Crippen LogP contribution in [-0.2, 0) is 9.53 Å². The molecule has 3 aliphatic rings. The molecule has 0 bridgehead atoms. The molecule has 0 saturated heterocycles. The van der Waals surface area contributed by atoms with E-state index in [9.17, 15) is 4.79 Å². The predicted molar refractivity (Wildman–Crippen MR) is 133 cm³/mol. The molecular weight excluding hydrogens is 414 g/mol. The van der Waals surface area contributed by atoms with Crippen molar-refractivity contribution in [2.45, 2.75) is 18.9 Å². The third-order valence-corrected chi connectivity index (χ3v) is 5.58. The molecule has 4 N–H and O–H groups in total. The summed E-state index contributed by atoms with van der Waals surface area (Å²) in [6.45, 7) is 1.83. The van der Waals surface area contributed by atoms with Crippen molar-refractivity contribution in [1.29, 1.82) is 0 Å². The molecule has 2 heterocycles. The Morgan fingerprint density at radius 3 is 2.76 bits per heavy atom.